The quantitative estimate of drug-likeness (QED) is 0.646. The van der Waals surface area contributed by atoms with Crippen molar-refractivity contribution in [1.29, 1.82) is 0 Å². The third-order valence-corrected chi connectivity index (χ3v) is 4.39. The Labute approximate surface area is 126 Å². The highest BCUT2D eigenvalue weighted by atomic mass is 35.5. The Bertz CT molecular complexity index is 695. The van der Waals surface area contributed by atoms with Crippen molar-refractivity contribution in [3.63, 3.8) is 0 Å². The van der Waals surface area contributed by atoms with Gasteiger partial charge in [-0.1, -0.05) is 23.4 Å². The molecule has 1 atom stereocenters. The van der Waals surface area contributed by atoms with E-state index in [1.807, 2.05) is 6.26 Å². The van der Waals surface area contributed by atoms with Crippen LogP contribution in [0.5, 0.6) is 0 Å². The Morgan fingerprint density at radius 3 is 3.10 bits per heavy atom. The van der Waals surface area contributed by atoms with Gasteiger partial charge in [0.1, 0.15) is 0 Å². The van der Waals surface area contributed by atoms with E-state index in [-0.39, 0.29) is 11.7 Å². The Balaban J connectivity index is 2.11. The maximum Gasteiger partial charge on any atom is 0.262 e. The van der Waals surface area contributed by atoms with Gasteiger partial charge in [-0.3, -0.25) is 9.36 Å². The molecule has 4 nitrogen and oxygen atoms in total. The van der Waals surface area contributed by atoms with Crippen molar-refractivity contribution in [3.05, 3.63) is 33.6 Å². The molecule has 0 saturated carbocycles. The van der Waals surface area contributed by atoms with Gasteiger partial charge in [-0.2, -0.15) is 0 Å². The molecule has 20 heavy (non-hydrogen) atoms. The molecule has 2 aromatic rings. The van der Waals surface area contributed by atoms with Gasteiger partial charge in [0.15, 0.2) is 5.16 Å². The first-order valence-electron chi connectivity index (χ1n) is 6.55. The number of benzene rings is 1. The van der Waals surface area contributed by atoms with E-state index in [1.165, 1.54) is 11.8 Å². The lowest BCUT2D eigenvalue weighted by Gasteiger charge is -2.15. The number of aromatic nitrogens is 2. The van der Waals surface area contributed by atoms with Crippen LogP contribution in [0.3, 0.4) is 0 Å². The second-order valence-corrected chi connectivity index (χ2v) is 6.02. The third kappa shape index (κ3) is 2.57. The Hall–Kier alpha value is -1.04. The number of hydrogen-bond donors (Lipinski definition) is 0. The largest absolute Gasteiger partial charge is 0.376 e. The van der Waals surface area contributed by atoms with Crippen LogP contribution in [0.15, 0.2) is 28.2 Å². The summed E-state index contributed by atoms with van der Waals surface area (Å²) in [5.74, 6) is 0. The lowest BCUT2D eigenvalue weighted by atomic mass is 10.2. The van der Waals surface area contributed by atoms with Crippen molar-refractivity contribution >= 4 is 34.3 Å². The van der Waals surface area contributed by atoms with Crippen LogP contribution >= 0.6 is 23.4 Å². The van der Waals surface area contributed by atoms with E-state index >= 15 is 0 Å². The van der Waals surface area contributed by atoms with Crippen molar-refractivity contribution < 1.29 is 4.74 Å². The minimum absolute atomic E-state index is 0.0217. The molecule has 0 spiro atoms. The van der Waals surface area contributed by atoms with Gasteiger partial charge in [-0.25, -0.2) is 4.98 Å². The van der Waals surface area contributed by atoms with Crippen molar-refractivity contribution in [2.45, 2.75) is 30.6 Å². The first kappa shape index (κ1) is 13.9. The minimum Gasteiger partial charge on any atom is -0.376 e. The number of nitrogens with zero attached hydrogens (tertiary/aromatic N) is 2. The molecule has 0 unspecified atom stereocenters. The zero-order chi connectivity index (χ0) is 14.1. The van der Waals surface area contributed by atoms with Crippen LogP contribution < -0.4 is 5.56 Å². The number of rotatable bonds is 3. The van der Waals surface area contributed by atoms with Crippen LogP contribution in [0.25, 0.3) is 10.9 Å². The van der Waals surface area contributed by atoms with Gasteiger partial charge < -0.3 is 4.74 Å². The van der Waals surface area contributed by atoms with Crippen LogP contribution in [0, 0.1) is 0 Å². The molecule has 1 aliphatic rings. The Morgan fingerprint density at radius 1 is 1.55 bits per heavy atom. The molecule has 1 aromatic heterocycles. The van der Waals surface area contributed by atoms with E-state index < -0.39 is 0 Å². The lowest BCUT2D eigenvalue weighted by Crippen LogP contribution is -2.28. The average molecular weight is 311 g/mol. The smallest absolute Gasteiger partial charge is 0.262 e. The van der Waals surface area contributed by atoms with E-state index in [0.29, 0.717) is 27.6 Å². The number of ether oxygens (including phenoxy) is 1. The summed E-state index contributed by atoms with van der Waals surface area (Å²) in [5.41, 5.74) is 0.627. The van der Waals surface area contributed by atoms with Gasteiger partial charge in [0.05, 0.1) is 23.6 Å². The molecule has 1 saturated heterocycles. The van der Waals surface area contributed by atoms with Crippen LogP contribution in [-0.2, 0) is 11.3 Å². The van der Waals surface area contributed by atoms with Crippen molar-refractivity contribution in [1.82, 2.24) is 9.55 Å². The summed E-state index contributed by atoms with van der Waals surface area (Å²) in [6.45, 7) is 1.35. The monoisotopic (exact) mass is 310 g/mol. The molecular formula is C14H15ClN2O2S. The van der Waals surface area contributed by atoms with Crippen molar-refractivity contribution in [3.8, 4) is 0 Å². The average Bonchev–Trinajstić information content (AvgIpc) is 2.94. The maximum atomic E-state index is 12.6. The summed E-state index contributed by atoms with van der Waals surface area (Å²) in [7, 11) is 0. The molecule has 3 rings (SSSR count). The number of hydrogen-bond acceptors (Lipinski definition) is 4. The molecule has 1 aliphatic heterocycles. The zero-order valence-electron chi connectivity index (χ0n) is 11.1. The topological polar surface area (TPSA) is 44.1 Å². The fourth-order valence-corrected chi connectivity index (χ4v) is 3.22. The van der Waals surface area contributed by atoms with Crippen LogP contribution in [0.4, 0.5) is 0 Å². The Kier molecular flexibility index (Phi) is 4.01. The van der Waals surface area contributed by atoms with E-state index in [0.717, 1.165) is 19.4 Å². The number of fused-ring (bicyclic) bond motifs is 1. The zero-order valence-corrected chi connectivity index (χ0v) is 12.7. The highest BCUT2D eigenvalue weighted by molar-refractivity contribution is 7.98. The molecule has 0 N–H and O–H groups in total. The molecule has 1 aromatic carbocycles. The molecule has 2 heterocycles. The first-order chi connectivity index (χ1) is 9.69. The highest BCUT2D eigenvalue weighted by Gasteiger charge is 2.19. The molecule has 106 valence electrons. The number of thioether (sulfide) groups is 1. The predicted octanol–water partition coefficient (Wildman–Crippen LogP) is 2.95. The van der Waals surface area contributed by atoms with Gasteiger partial charge in [-0.15, -0.1) is 0 Å². The second kappa shape index (κ2) is 5.76. The first-order valence-corrected chi connectivity index (χ1v) is 8.15. The van der Waals surface area contributed by atoms with Gasteiger partial charge in [0.25, 0.3) is 5.56 Å². The summed E-state index contributed by atoms with van der Waals surface area (Å²) < 4.78 is 7.34. The molecule has 6 heteroatoms. The molecule has 0 aliphatic carbocycles. The predicted molar refractivity (Wildman–Crippen MR) is 81.8 cm³/mol. The SMILES string of the molecule is CSc1nc2cc(Cl)ccc2c(=O)n1C[C@H]1CCCO1. The third-order valence-electron chi connectivity index (χ3n) is 3.48. The molecule has 0 amide bonds. The van der Waals surface area contributed by atoms with Crippen LogP contribution in [0.2, 0.25) is 5.02 Å². The van der Waals surface area contributed by atoms with E-state index in [4.69, 9.17) is 16.3 Å². The molecule has 1 fully saturated rings. The summed E-state index contributed by atoms with van der Waals surface area (Å²) in [5, 5.41) is 1.90. The standard InChI is InChI=1S/C14H15ClN2O2S/c1-20-14-16-12-7-9(15)4-5-11(12)13(18)17(14)8-10-3-2-6-19-10/h4-5,7,10H,2-3,6,8H2,1H3/t10-/m1/s1. The molecule has 0 radical (unpaired) electrons. The molecule has 0 bridgehead atoms. The van der Waals surface area contributed by atoms with Gasteiger partial charge in [-0.05, 0) is 37.3 Å². The van der Waals surface area contributed by atoms with Crippen molar-refractivity contribution in [2.24, 2.45) is 0 Å². The second-order valence-electron chi connectivity index (χ2n) is 4.81. The normalized spacial score (nSPS) is 18.8. The molecular weight excluding hydrogens is 296 g/mol. The highest BCUT2D eigenvalue weighted by Crippen LogP contribution is 2.21. The summed E-state index contributed by atoms with van der Waals surface area (Å²) in [6.07, 6.45) is 4.10. The van der Waals surface area contributed by atoms with Crippen LogP contribution in [-0.4, -0.2) is 28.5 Å². The number of halogens is 1. The van der Waals surface area contributed by atoms with E-state index in [2.05, 4.69) is 4.98 Å². The summed E-state index contributed by atoms with van der Waals surface area (Å²) in [4.78, 5) is 17.2. The fourth-order valence-electron chi connectivity index (χ4n) is 2.48. The van der Waals surface area contributed by atoms with Gasteiger partial charge >= 0.3 is 0 Å². The van der Waals surface area contributed by atoms with Gasteiger partial charge in [0.2, 0.25) is 0 Å². The van der Waals surface area contributed by atoms with Crippen molar-refractivity contribution in [2.75, 3.05) is 12.9 Å². The lowest BCUT2D eigenvalue weighted by molar-refractivity contribution is 0.0937. The summed E-state index contributed by atoms with van der Waals surface area (Å²) >= 11 is 7.44. The summed E-state index contributed by atoms with van der Waals surface area (Å²) in [6, 6.07) is 5.19. The fraction of sp³-hybridized carbons (Fsp3) is 0.429. The minimum atomic E-state index is -0.0217. The van der Waals surface area contributed by atoms with E-state index in [1.54, 1.807) is 22.8 Å². The van der Waals surface area contributed by atoms with Crippen LogP contribution in [0.1, 0.15) is 12.8 Å². The Morgan fingerprint density at radius 2 is 2.40 bits per heavy atom. The van der Waals surface area contributed by atoms with Gasteiger partial charge in [0, 0.05) is 11.6 Å². The maximum absolute atomic E-state index is 12.6. The van der Waals surface area contributed by atoms with E-state index in [9.17, 15) is 4.79 Å².